The molecule has 1 aromatic heterocycles. The van der Waals surface area contributed by atoms with E-state index in [1.807, 2.05) is 11.7 Å². The van der Waals surface area contributed by atoms with Gasteiger partial charge in [-0.3, -0.25) is 9.58 Å². The lowest BCUT2D eigenvalue weighted by Gasteiger charge is -2.41. The molecule has 2 rings (SSSR count). The summed E-state index contributed by atoms with van der Waals surface area (Å²) in [5, 5.41) is 7.82. The Morgan fingerprint density at radius 2 is 2.29 bits per heavy atom. The summed E-state index contributed by atoms with van der Waals surface area (Å²) < 4.78 is 1.92. The second-order valence-corrected chi connectivity index (χ2v) is 5.07. The Bertz CT molecular complexity index is 367. The zero-order chi connectivity index (χ0) is 12.4. The summed E-state index contributed by atoms with van der Waals surface area (Å²) in [4.78, 5) is 2.61. The topological polar surface area (TPSA) is 33.1 Å². The molecular weight excluding hydrogens is 212 g/mol. The quantitative estimate of drug-likeness (QED) is 0.840. The van der Waals surface area contributed by atoms with Crippen LogP contribution in [0.4, 0.5) is 0 Å². The van der Waals surface area contributed by atoms with E-state index < -0.39 is 0 Å². The van der Waals surface area contributed by atoms with Crippen LogP contribution in [0.3, 0.4) is 0 Å². The number of aryl methyl sites for hydroxylation is 2. The summed E-state index contributed by atoms with van der Waals surface area (Å²) in [5.74, 6) is 0. The maximum atomic E-state index is 4.45. The minimum absolute atomic E-state index is 0.468. The summed E-state index contributed by atoms with van der Waals surface area (Å²) in [6.07, 6.45) is 3.37. The van der Waals surface area contributed by atoms with Gasteiger partial charge >= 0.3 is 0 Å². The molecule has 1 aliphatic rings. The summed E-state index contributed by atoms with van der Waals surface area (Å²) in [6, 6.07) is 1.17. The van der Waals surface area contributed by atoms with Crippen molar-refractivity contribution in [3.63, 3.8) is 0 Å². The standard InChI is InChI=1S/C13H24N4/c1-5-6-17(12-7-14-8-12)11(3)13-9-16(4)15-10(13)2/h9,11-12,14H,5-8H2,1-4H3. The van der Waals surface area contributed by atoms with Gasteiger partial charge in [0.1, 0.15) is 0 Å². The van der Waals surface area contributed by atoms with E-state index in [-0.39, 0.29) is 0 Å². The Kier molecular flexibility index (Phi) is 3.84. The molecule has 4 heteroatoms. The summed E-state index contributed by atoms with van der Waals surface area (Å²) in [7, 11) is 2.00. The van der Waals surface area contributed by atoms with Gasteiger partial charge in [-0.15, -0.1) is 0 Å². The van der Waals surface area contributed by atoms with Crippen LogP contribution in [0.5, 0.6) is 0 Å². The molecule has 1 N–H and O–H groups in total. The highest BCUT2D eigenvalue weighted by Gasteiger charge is 2.29. The molecule has 2 heterocycles. The first-order valence-electron chi connectivity index (χ1n) is 6.60. The van der Waals surface area contributed by atoms with Crippen LogP contribution >= 0.6 is 0 Å². The van der Waals surface area contributed by atoms with Gasteiger partial charge in [0, 0.05) is 44.0 Å². The normalized spacial score (nSPS) is 18.4. The van der Waals surface area contributed by atoms with Crippen molar-refractivity contribution in [1.29, 1.82) is 0 Å². The molecule has 1 unspecified atom stereocenters. The van der Waals surface area contributed by atoms with Gasteiger partial charge in [0.25, 0.3) is 0 Å². The van der Waals surface area contributed by atoms with Crippen LogP contribution in [0.25, 0.3) is 0 Å². The van der Waals surface area contributed by atoms with E-state index in [1.54, 1.807) is 0 Å². The van der Waals surface area contributed by atoms with Crippen LogP contribution in [-0.2, 0) is 7.05 Å². The lowest BCUT2D eigenvalue weighted by molar-refractivity contribution is 0.102. The van der Waals surface area contributed by atoms with E-state index in [2.05, 4.69) is 42.3 Å². The number of nitrogens with zero attached hydrogens (tertiary/aromatic N) is 3. The SMILES string of the molecule is CCCN(C1CNC1)C(C)c1cn(C)nc1C. The number of rotatable bonds is 5. The lowest BCUT2D eigenvalue weighted by atomic mass is 10.0. The highest BCUT2D eigenvalue weighted by molar-refractivity contribution is 5.20. The van der Waals surface area contributed by atoms with Crippen molar-refractivity contribution in [3.05, 3.63) is 17.5 Å². The molecule has 96 valence electrons. The van der Waals surface area contributed by atoms with Gasteiger partial charge in [-0.2, -0.15) is 5.10 Å². The fraction of sp³-hybridized carbons (Fsp3) is 0.769. The lowest BCUT2D eigenvalue weighted by Crippen LogP contribution is -2.57. The fourth-order valence-electron chi connectivity index (χ4n) is 2.67. The molecule has 0 saturated carbocycles. The van der Waals surface area contributed by atoms with Gasteiger partial charge in [-0.25, -0.2) is 0 Å². The predicted octanol–water partition coefficient (Wildman–Crippen LogP) is 1.47. The third-order valence-electron chi connectivity index (χ3n) is 3.71. The maximum absolute atomic E-state index is 4.45. The van der Waals surface area contributed by atoms with Crippen molar-refractivity contribution < 1.29 is 0 Å². The third kappa shape index (κ3) is 2.53. The Labute approximate surface area is 104 Å². The van der Waals surface area contributed by atoms with Gasteiger partial charge in [0.05, 0.1) is 5.69 Å². The van der Waals surface area contributed by atoms with E-state index in [0.717, 1.165) is 18.8 Å². The largest absolute Gasteiger partial charge is 0.314 e. The van der Waals surface area contributed by atoms with Gasteiger partial charge in [-0.1, -0.05) is 6.92 Å². The number of nitrogens with one attached hydrogen (secondary N) is 1. The molecule has 1 aliphatic heterocycles. The predicted molar refractivity (Wildman–Crippen MR) is 70.0 cm³/mol. The molecule has 0 radical (unpaired) electrons. The first-order valence-corrected chi connectivity index (χ1v) is 6.60. The second-order valence-electron chi connectivity index (χ2n) is 5.07. The Hall–Kier alpha value is -0.870. The molecule has 1 saturated heterocycles. The average molecular weight is 236 g/mol. The van der Waals surface area contributed by atoms with Gasteiger partial charge in [0.15, 0.2) is 0 Å². The van der Waals surface area contributed by atoms with Crippen LogP contribution in [0.2, 0.25) is 0 Å². The van der Waals surface area contributed by atoms with Gasteiger partial charge < -0.3 is 5.32 Å². The molecule has 1 fully saturated rings. The first kappa shape index (κ1) is 12.6. The molecule has 0 bridgehead atoms. The first-order chi connectivity index (χ1) is 8.13. The molecule has 0 amide bonds. The van der Waals surface area contributed by atoms with E-state index in [4.69, 9.17) is 0 Å². The summed E-state index contributed by atoms with van der Waals surface area (Å²) >= 11 is 0. The minimum Gasteiger partial charge on any atom is -0.314 e. The molecule has 1 aromatic rings. The van der Waals surface area contributed by atoms with E-state index in [9.17, 15) is 0 Å². The second kappa shape index (κ2) is 5.19. The highest BCUT2D eigenvalue weighted by atomic mass is 15.3. The zero-order valence-corrected chi connectivity index (χ0v) is 11.4. The van der Waals surface area contributed by atoms with E-state index >= 15 is 0 Å². The number of hydrogen-bond donors (Lipinski definition) is 1. The zero-order valence-electron chi connectivity index (χ0n) is 11.4. The Balaban J connectivity index is 2.14. The Morgan fingerprint density at radius 3 is 2.71 bits per heavy atom. The Morgan fingerprint density at radius 1 is 1.59 bits per heavy atom. The van der Waals surface area contributed by atoms with E-state index in [0.29, 0.717) is 12.1 Å². The van der Waals surface area contributed by atoms with Crippen molar-refractivity contribution in [2.24, 2.45) is 7.05 Å². The summed E-state index contributed by atoms with van der Waals surface area (Å²) in [5.41, 5.74) is 2.53. The van der Waals surface area contributed by atoms with E-state index in [1.165, 1.54) is 18.5 Å². The molecular formula is C13H24N4. The van der Waals surface area contributed by atoms with Crippen LogP contribution in [0.15, 0.2) is 6.20 Å². The molecule has 0 spiro atoms. The van der Waals surface area contributed by atoms with Crippen LogP contribution in [-0.4, -0.2) is 40.4 Å². The van der Waals surface area contributed by atoms with Crippen molar-refractivity contribution in [2.45, 2.75) is 39.3 Å². The molecule has 0 aliphatic carbocycles. The molecule has 4 nitrogen and oxygen atoms in total. The van der Waals surface area contributed by atoms with Crippen molar-refractivity contribution in [1.82, 2.24) is 20.0 Å². The highest BCUT2D eigenvalue weighted by Crippen LogP contribution is 2.26. The fourth-order valence-corrected chi connectivity index (χ4v) is 2.67. The molecule has 1 atom stereocenters. The van der Waals surface area contributed by atoms with Crippen molar-refractivity contribution in [3.8, 4) is 0 Å². The van der Waals surface area contributed by atoms with Crippen molar-refractivity contribution in [2.75, 3.05) is 19.6 Å². The minimum atomic E-state index is 0.468. The molecule has 17 heavy (non-hydrogen) atoms. The summed E-state index contributed by atoms with van der Waals surface area (Å²) in [6.45, 7) is 10.1. The maximum Gasteiger partial charge on any atom is 0.0641 e. The van der Waals surface area contributed by atoms with Gasteiger partial charge in [0.2, 0.25) is 0 Å². The van der Waals surface area contributed by atoms with Crippen molar-refractivity contribution >= 4 is 0 Å². The third-order valence-corrected chi connectivity index (χ3v) is 3.71. The molecule has 0 aromatic carbocycles. The van der Waals surface area contributed by atoms with Gasteiger partial charge in [-0.05, 0) is 26.8 Å². The van der Waals surface area contributed by atoms with Crippen LogP contribution in [0.1, 0.15) is 37.6 Å². The van der Waals surface area contributed by atoms with Crippen LogP contribution < -0.4 is 5.32 Å². The monoisotopic (exact) mass is 236 g/mol. The van der Waals surface area contributed by atoms with Crippen LogP contribution in [0, 0.1) is 6.92 Å². The smallest absolute Gasteiger partial charge is 0.0641 e. The average Bonchev–Trinajstić information content (AvgIpc) is 2.53. The number of hydrogen-bond acceptors (Lipinski definition) is 3. The number of aromatic nitrogens is 2.